The first-order valence-corrected chi connectivity index (χ1v) is 8.88. The zero-order valence-electron chi connectivity index (χ0n) is 14.8. The van der Waals surface area contributed by atoms with Gasteiger partial charge in [-0.3, -0.25) is 9.59 Å². The third-order valence-electron chi connectivity index (χ3n) is 5.31. The van der Waals surface area contributed by atoms with Crippen molar-refractivity contribution in [2.24, 2.45) is 0 Å². The Kier molecular flexibility index (Phi) is 3.85. The van der Waals surface area contributed by atoms with Crippen molar-refractivity contribution in [2.45, 2.75) is 19.8 Å². The van der Waals surface area contributed by atoms with E-state index in [-0.39, 0.29) is 17.5 Å². The lowest BCUT2D eigenvalue weighted by atomic mass is 9.78. The molecule has 2 aliphatic rings. The van der Waals surface area contributed by atoms with Crippen LogP contribution in [0.1, 0.15) is 41.3 Å². The summed E-state index contributed by atoms with van der Waals surface area (Å²) in [6.07, 6.45) is 0. The molecule has 3 nitrogen and oxygen atoms in total. The maximum atomic E-state index is 13.3. The van der Waals surface area contributed by atoms with Crippen molar-refractivity contribution in [3.8, 4) is 0 Å². The average molecular weight is 364 g/mol. The van der Waals surface area contributed by atoms with Gasteiger partial charge < -0.3 is 4.90 Å². The molecule has 1 heterocycles. The fraction of sp³-hybridized carbons (Fsp3) is 0.182. The van der Waals surface area contributed by atoms with Crippen LogP contribution in [0.25, 0.3) is 5.70 Å². The summed E-state index contributed by atoms with van der Waals surface area (Å²) in [5, 5.41) is 0.627. The maximum absolute atomic E-state index is 13.3. The first-order valence-electron chi connectivity index (χ1n) is 8.51. The summed E-state index contributed by atoms with van der Waals surface area (Å²) in [5.41, 5.74) is 5.63. The smallest absolute Gasteiger partial charge is 0.192 e. The van der Waals surface area contributed by atoms with Gasteiger partial charge in [-0.2, -0.15) is 0 Å². The van der Waals surface area contributed by atoms with Crippen molar-refractivity contribution in [3.05, 3.63) is 87.1 Å². The Hall–Kier alpha value is -2.65. The van der Waals surface area contributed by atoms with Gasteiger partial charge in [0.25, 0.3) is 0 Å². The number of allylic oxidation sites excluding steroid dienone is 3. The summed E-state index contributed by atoms with van der Waals surface area (Å²) in [6.45, 7) is 3.50. The van der Waals surface area contributed by atoms with E-state index < -0.39 is 0 Å². The third-order valence-corrected chi connectivity index (χ3v) is 5.57. The molecule has 26 heavy (non-hydrogen) atoms. The van der Waals surface area contributed by atoms with E-state index in [0.29, 0.717) is 21.7 Å². The highest BCUT2D eigenvalue weighted by atomic mass is 35.5. The maximum Gasteiger partial charge on any atom is 0.192 e. The van der Waals surface area contributed by atoms with Gasteiger partial charge in [0.15, 0.2) is 11.6 Å². The minimum Gasteiger partial charge on any atom is -0.347 e. The molecule has 0 aromatic heterocycles. The SMILES string of the molecule is CC(=O)C1=C(C)N(C)C2=C(C(=O)c3ccccc32)[C@H]1c1ccc(Cl)cc1. The van der Waals surface area contributed by atoms with Gasteiger partial charge in [-0.05, 0) is 31.5 Å². The number of halogens is 1. The van der Waals surface area contributed by atoms with E-state index in [2.05, 4.69) is 0 Å². The fourth-order valence-electron chi connectivity index (χ4n) is 4.06. The lowest BCUT2D eigenvalue weighted by Crippen LogP contribution is -2.29. The molecule has 2 aromatic rings. The lowest BCUT2D eigenvalue weighted by Gasteiger charge is -2.35. The van der Waals surface area contributed by atoms with Gasteiger partial charge in [0.1, 0.15) is 0 Å². The third kappa shape index (κ3) is 2.27. The lowest BCUT2D eigenvalue weighted by molar-refractivity contribution is -0.113. The number of Topliss-reactive ketones (excluding diaryl/α,β-unsaturated/α-hetero) is 2. The molecule has 130 valence electrons. The molecule has 0 radical (unpaired) electrons. The molecule has 0 fully saturated rings. The van der Waals surface area contributed by atoms with E-state index in [0.717, 1.165) is 22.5 Å². The Balaban J connectivity index is 2.01. The van der Waals surface area contributed by atoms with Crippen LogP contribution in [0.3, 0.4) is 0 Å². The summed E-state index contributed by atoms with van der Waals surface area (Å²) in [5.74, 6) is -0.408. The Morgan fingerprint density at radius 3 is 2.27 bits per heavy atom. The molecule has 0 unspecified atom stereocenters. The molecule has 0 spiro atoms. The average Bonchev–Trinajstić information content (AvgIpc) is 2.92. The number of rotatable bonds is 2. The van der Waals surface area contributed by atoms with Crippen LogP contribution in [0, 0.1) is 0 Å². The Morgan fingerprint density at radius 1 is 1.04 bits per heavy atom. The monoisotopic (exact) mass is 363 g/mol. The number of fused-ring (bicyclic) bond motifs is 2. The van der Waals surface area contributed by atoms with Gasteiger partial charge in [0.2, 0.25) is 0 Å². The van der Waals surface area contributed by atoms with Gasteiger partial charge in [-0.25, -0.2) is 0 Å². The Labute approximate surface area is 157 Å². The van der Waals surface area contributed by atoms with Crippen LogP contribution in [-0.4, -0.2) is 23.5 Å². The number of nitrogens with zero attached hydrogens (tertiary/aromatic N) is 1. The second-order valence-corrected chi connectivity index (χ2v) is 7.17. The molecule has 4 rings (SSSR count). The predicted molar refractivity (Wildman–Crippen MR) is 103 cm³/mol. The van der Waals surface area contributed by atoms with E-state index in [1.54, 1.807) is 19.1 Å². The van der Waals surface area contributed by atoms with Crippen molar-refractivity contribution in [1.29, 1.82) is 0 Å². The van der Waals surface area contributed by atoms with Crippen molar-refractivity contribution in [2.75, 3.05) is 7.05 Å². The number of hydrogen-bond donors (Lipinski definition) is 0. The van der Waals surface area contributed by atoms with Gasteiger partial charge in [-0.15, -0.1) is 0 Å². The van der Waals surface area contributed by atoms with Crippen LogP contribution in [0.4, 0.5) is 0 Å². The normalized spacial score (nSPS) is 19.0. The zero-order valence-corrected chi connectivity index (χ0v) is 15.6. The first-order chi connectivity index (χ1) is 12.4. The van der Waals surface area contributed by atoms with E-state index >= 15 is 0 Å². The van der Waals surface area contributed by atoms with E-state index in [1.807, 2.05) is 55.3 Å². The van der Waals surface area contributed by atoms with Gasteiger partial charge in [-0.1, -0.05) is 48.0 Å². The summed E-state index contributed by atoms with van der Waals surface area (Å²) < 4.78 is 0. The zero-order chi connectivity index (χ0) is 18.6. The summed E-state index contributed by atoms with van der Waals surface area (Å²) in [4.78, 5) is 27.8. The van der Waals surface area contributed by atoms with Crippen molar-refractivity contribution >= 4 is 28.9 Å². The molecule has 0 N–H and O–H groups in total. The molecular formula is C22H18ClNO2. The van der Waals surface area contributed by atoms with Crippen molar-refractivity contribution in [3.63, 3.8) is 0 Å². The fourth-order valence-corrected chi connectivity index (χ4v) is 4.19. The second-order valence-electron chi connectivity index (χ2n) is 6.74. The van der Waals surface area contributed by atoms with Gasteiger partial charge in [0.05, 0.1) is 5.70 Å². The first kappa shape index (κ1) is 16.8. The van der Waals surface area contributed by atoms with Crippen molar-refractivity contribution in [1.82, 2.24) is 4.90 Å². The Bertz CT molecular complexity index is 1010. The summed E-state index contributed by atoms with van der Waals surface area (Å²) >= 11 is 6.05. The highest BCUT2D eigenvalue weighted by Crippen LogP contribution is 2.49. The molecule has 4 heteroatoms. The van der Waals surface area contributed by atoms with Crippen LogP contribution in [-0.2, 0) is 4.79 Å². The molecule has 1 aliphatic heterocycles. The highest BCUT2D eigenvalue weighted by Gasteiger charge is 2.43. The van der Waals surface area contributed by atoms with Gasteiger partial charge >= 0.3 is 0 Å². The Morgan fingerprint density at radius 2 is 1.65 bits per heavy atom. The molecular weight excluding hydrogens is 346 g/mol. The minimum atomic E-state index is -0.379. The molecule has 0 saturated heterocycles. The number of hydrogen-bond acceptors (Lipinski definition) is 3. The number of benzene rings is 2. The number of carbonyl (C=O) groups is 2. The predicted octanol–water partition coefficient (Wildman–Crippen LogP) is 4.84. The molecule has 0 saturated carbocycles. The van der Waals surface area contributed by atoms with Gasteiger partial charge in [0, 0.05) is 46.0 Å². The molecule has 2 aromatic carbocycles. The second kappa shape index (κ2) is 5.96. The molecule has 0 bridgehead atoms. The topological polar surface area (TPSA) is 37.4 Å². The highest BCUT2D eigenvalue weighted by molar-refractivity contribution is 6.30. The minimum absolute atomic E-state index is 0.00588. The number of carbonyl (C=O) groups excluding carboxylic acids is 2. The van der Waals surface area contributed by atoms with Crippen LogP contribution in [0.5, 0.6) is 0 Å². The molecule has 1 atom stereocenters. The van der Waals surface area contributed by atoms with Crippen LogP contribution >= 0.6 is 11.6 Å². The summed E-state index contributed by atoms with van der Waals surface area (Å²) in [6, 6.07) is 15.0. The van der Waals surface area contributed by atoms with Crippen molar-refractivity contribution < 1.29 is 9.59 Å². The van der Waals surface area contributed by atoms with E-state index in [9.17, 15) is 9.59 Å². The van der Waals surface area contributed by atoms with E-state index in [1.165, 1.54) is 0 Å². The standard InChI is InChI=1S/C22H18ClNO2/c1-12-18(13(2)25)19(14-8-10-15(23)11-9-14)20-21(24(12)3)16-6-4-5-7-17(16)22(20)26/h4-11,19H,1-3H3/t19-/m0/s1. The van der Waals surface area contributed by atoms with Crippen LogP contribution < -0.4 is 0 Å². The summed E-state index contributed by atoms with van der Waals surface area (Å²) in [7, 11) is 1.92. The molecule has 0 amide bonds. The number of ketones is 2. The van der Waals surface area contributed by atoms with Crippen LogP contribution in [0.15, 0.2) is 65.4 Å². The largest absolute Gasteiger partial charge is 0.347 e. The van der Waals surface area contributed by atoms with E-state index in [4.69, 9.17) is 11.6 Å². The molecule has 1 aliphatic carbocycles. The quantitative estimate of drug-likeness (QED) is 0.766. The van der Waals surface area contributed by atoms with Crippen LogP contribution in [0.2, 0.25) is 5.02 Å².